The summed E-state index contributed by atoms with van der Waals surface area (Å²) in [6.45, 7) is 29.7. The van der Waals surface area contributed by atoms with Gasteiger partial charge >= 0.3 is 0 Å². The summed E-state index contributed by atoms with van der Waals surface area (Å²) in [7, 11) is 0. The van der Waals surface area contributed by atoms with E-state index in [1.54, 1.807) is 25.7 Å². The van der Waals surface area contributed by atoms with Gasteiger partial charge in [0.2, 0.25) is 0 Å². The SMILES string of the molecule is C=C/C(=C\C(C)(C)CC(C)C1CCC2C3CCC4(C)CC(CCC)CCC4C3CCC12C)CC.CC.CC. The summed E-state index contributed by atoms with van der Waals surface area (Å²) in [5, 5.41) is 0. The Bertz CT molecular complexity index is 741. The third kappa shape index (κ3) is 7.03. The monoisotopic (exact) mass is 527 g/mol. The van der Waals surface area contributed by atoms with E-state index in [-0.39, 0.29) is 5.41 Å². The first-order valence-corrected chi connectivity index (χ1v) is 17.4. The molecule has 0 bridgehead atoms. The Morgan fingerprint density at radius 2 is 1.50 bits per heavy atom. The Balaban J connectivity index is 0.00000121. The number of hydrogen-bond acceptors (Lipinski definition) is 0. The highest BCUT2D eigenvalue weighted by atomic mass is 14.6. The third-order valence-corrected chi connectivity index (χ3v) is 12.1. The summed E-state index contributed by atoms with van der Waals surface area (Å²) in [6, 6.07) is 0. The van der Waals surface area contributed by atoms with Gasteiger partial charge in [0.25, 0.3) is 0 Å². The van der Waals surface area contributed by atoms with Crippen LogP contribution in [-0.4, -0.2) is 0 Å². The van der Waals surface area contributed by atoms with Gasteiger partial charge in [-0.3, -0.25) is 0 Å². The van der Waals surface area contributed by atoms with E-state index in [0.29, 0.717) is 10.8 Å². The highest BCUT2D eigenvalue weighted by Gasteiger charge is 2.59. The molecule has 0 spiro atoms. The van der Waals surface area contributed by atoms with E-state index < -0.39 is 0 Å². The average Bonchev–Trinajstić information content (AvgIpc) is 3.26. The van der Waals surface area contributed by atoms with Gasteiger partial charge in [-0.1, -0.05) is 120 Å². The van der Waals surface area contributed by atoms with Crippen LogP contribution in [0.25, 0.3) is 0 Å². The van der Waals surface area contributed by atoms with Crippen LogP contribution in [0.4, 0.5) is 0 Å². The van der Waals surface area contributed by atoms with E-state index in [0.717, 1.165) is 47.8 Å². The van der Waals surface area contributed by atoms with Crippen molar-refractivity contribution in [3.05, 3.63) is 24.3 Å². The van der Waals surface area contributed by atoms with Crippen LogP contribution in [0.15, 0.2) is 24.3 Å². The standard InChI is InChI=1S/C34H58.2C2H6/c1-9-12-26-13-14-30-27-18-20-34(8)29(24(4)21-32(5,6)22-25(10-2)11-3)15-16-31(34)28(27)17-19-33(30,7)23-26;2*1-2/h10,22,24,26-31H,2,9,11-21,23H2,1,3-8H3;2*1-2H3/b25-22+;;. The Morgan fingerprint density at radius 1 is 0.895 bits per heavy atom. The Labute approximate surface area is 241 Å². The molecule has 0 aliphatic heterocycles. The lowest BCUT2D eigenvalue weighted by Gasteiger charge is -2.60. The van der Waals surface area contributed by atoms with Gasteiger partial charge in [-0.25, -0.2) is 0 Å². The van der Waals surface area contributed by atoms with Gasteiger partial charge < -0.3 is 0 Å². The van der Waals surface area contributed by atoms with Crippen molar-refractivity contribution in [2.75, 3.05) is 0 Å². The first-order chi connectivity index (χ1) is 18.1. The molecule has 4 rings (SSSR count). The third-order valence-electron chi connectivity index (χ3n) is 12.1. The molecule has 4 fully saturated rings. The quantitative estimate of drug-likeness (QED) is 0.276. The van der Waals surface area contributed by atoms with Gasteiger partial charge in [-0.05, 0) is 122 Å². The van der Waals surface area contributed by atoms with Crippen LogP contribution in [-0.2, 0) is 0 Å². The van der Waals surface area contributed by atoms with Crippen molar-refractivity contribution in [2.24, 2.45) is 57.7 Å². The first-order valence-electron chi connectivity index (χ1n) is 17.4. The summed E-state index contributed by atoms with van der Waals surface area (Å²) >= 11 is 0. The summed E-state index contributed by atoms with van der Waals surface area (Å²) in [5.74, 6) is 6.91. The molecule has 9 atom stereocenters. The highest BCUT2D eigenvalue weighted by molar-refractivity contribution is 5.19. The molecule has 4 aliphatic carbocycles. The van der Waals surface area contributed by atoms with Crippen molar-refractivity contribution >= 4 is 0 Å². The van der Waals surface area contributed by atoms with E-state index in [1.807, 2.05) is 27.7 Å². The minimum absolute atomic E-state index is 0.272. The zero-order valence-electron chi connectivity index (χ0n) is 28.1. The summed E-state index contributed by atoms with van der Waals surface area (Å²) in [4.78, 5) is 0. The molecule has 222 valence electrons. The van der Waals surface area contributed by atoms with E-state index in [2.05, 4.69) is 67.2 Å². The molecule has 0 nitrogen and oxygen atoms in total. The van der Waals surface area contributed by atoms with Crippen LogP contribution in [0.2, 0.25) is 0 Å². The maximum atomic E-state index is 4.05. The Kier molecular flexibility index (Phi) is 12.8. The molecule has 0 aromatic heterocycles. The normalized spacial score (nSPS) is 39.3. The van der Waals surface area contributed by atoms with Crippen molar-refractivity contribution in [3.63, 3.8) is 0 Å². The number of allylic oxidation sites excluding steroid dienone is 3. The molecule has 4 saturated carbocycles. The van der Waals surface area contributed by atoms with Crippen molar-refractivity contribution in [1.29, 1.82) is 0 Å². The predicted octanol–water partition coefficient (Wildman–Crippen LogP) is 12.7. The fraction of sp³-hybridized carbons (Fsp3) is 0.895. The van der Waals surface area contributed by atoms with Crippen molar-refractivity contribution in [1.82, 2.24) is 0 Å². The molecule has 0 N–H and O–H groups in total. The van der Waals surface area contributed by atoms with Crippen LogP contribution < -0.4 is 0 Å². The Morgan fingerprint density at radius 3 is 2.11 bits per heavy atom. The van der Waals surface area contributed by atoms with Crippen LogP contribution in [0.5, 0.6) is 0 Å². The summed E-state index contributed by atoms with van der Waals surface area (Å²) < 4.78 is 0. The van der Waals surface area contributed by atoms with Gasteiger partial charge in [-0.15, -0.1) is 0 Å². The molecule has 4 aliphatic rings. The number of fused-ring (bicyclic) bond motifs is 5. The smallest absolute Gasteiger partial charge is 0.0166 e. The minimum Gasteiger partial charge on any atom is -0.0988 e. The second-order valence-corrected chi connectivity index (χ2v) is 14.8. The fourth-order valence-corrected chi connectivity index (χ4v) is 10.9. The summed E-state index contributed by atoms with van der Waals surface area (Å²) in [5.41, 5.74) is 2.96. The van der Waals surface area contributed by atoms with Crippen LogP contribution >= 0.6 is 0 Å². The molecule has 38 heavy (non-hydrogen) atoms. The predicted molar refractivity (Wildman–Crippen MR) is 172 cm³/mol. The van der Waals surface area contributed by atoms with Crippen molar-refractivity contribution < 1.29 is 0 Å². The molecule has 0 heteroatoms. The molecule has 0 aromatic rings. The molecule has 9 unspecified atom stereocenters. The van der Waals surface area contributed by atoms with Crippen LogP contribution in [0.1, 0.15) is 160 Å². The Hall–Kier alpha value is -0.520. The van der Waals surface area contributed by atoms with E-state index in [4.69, 9.17) is 0 Å². The van der Waals surface area contributed by atoms with E-state index >= 15 is 0 Å². The minimum atomic E-state index is 0.272. The molecule has 0 radical (unpaired) electrons. The second-order valence-electron chi connectivity index (χ2n) is 14.8. The lowest BCUT2D eigenvalue weighted by molar-refractivity contribution is -0.108. The van der Waals surface area contributed by atoms with Gasteiger partial charge in [-0.2, -0.15) is 0 Å². The van der Waals surface area contributed by atoms with Gasteiger partial charge in [0.15, 0.2) is 0 Å². The lowest BCUT2D eigenvalue weighted by Crippen LogP contribution is -2.52. The zero-order chi connectivity index (χ0) is 28.7. The molecule has 0 amide bonds. The van der Waals surface area contributed by atoms with Crippen molar-refractivity contribution in [2.45, 2.75) is 160 Å². The largest absolute Gasteiger partial charge is 0.0988 e. The van der Waals surface area contributed by atoms with Crippen LogP contribution in [0.3, 0.4) is 0 Å². The fourth-order valence-electron chi connectivity index (χ4n) is 10.9. The van der Waals surface area contributed by atoms with Gasteiger partial charge in [0, 0.05) is 0 Å². The molecule has 0 aromatic carbocycles. The molecule has 0 heterocycles. The van der Waals surface area contributed by atoms with Crippen molar-refractivity contribution in [3.8, 4) is 0 Å². The first kappa shape index (κ1) is 33.7. The number of rotatable bonds is 8. The van der Waals surface area contributed by atoms with Gasteiger partial charge in [0.1, 0.15) is 0 Å². The highest BCUT2D eigenvalue weighted by Crippen LogP contribution is 2.68. The van der Waals surface area contributed by atoms with E-state index in [1.165, 1.54) is 56.9 Å². The molecule has 0 saturated heterocycles. The number of hydrogen-bond donors (Lipinski definition) is 0. The van der Waals surface area contributed by atoms with Gasteiger partial charge in [0.05, 0.1) is 0 Å². The molecular weight excluding hydrogens is 456 g/mol. The zero-order valence-corrected chi connectivity index (χ0v) is 28.1. The van der Waals surface area contributed by atoms with E-state index in [9.17, 15) is 0 Å². The second kappa shape index (κ2) is 14.4. The molecular formula is C38H70. The maximum absolute atomic E-state index is 4.05. The average molecular weight is 527 g/mol. The lowest BCUT2D eigenvalue weighted by atomic mass is 9.45. The maximum Gasteiger partial charge on any atom is -0.0166 e. The topological polar surface area (TPSA) is 0 Å². The summed E-state index contributed by atoms with van der Waals surface area (Å²) in [6.07, 6.45) is 23.7. The van der Waals surface area contributed by atoms with Crippen LogP contribution in [0, 0.1) is 57.7 Å².